The van der Waals surface area contributed by atoms with Crippen molar-refractivity contribution in [3.05, 3.63) is 35.4 Å². The van der Waals surface area contributed by atoms with E-state index >= 15 is 0 Å². The molecule has 0 aliphatic heterocycles. The molecular weight excluding hydrogens is 312 g/mol. The van der Waals surface area contributed by atoms with Gasteiger partial charge in [0.2, 0.25) is 0 Å². The van der Waals surface area contributed by atoms with Crippen LogP contribution in [0, 0.1) is 12.8 Å². The zero-order chi connectivity index (χ0) is 18.4. The predicted molar refractivity (Wildman–Crippen MR) is 103 cm³/mol. The van der Waals surface area contributed by atoms with Crippen molar-refractivity contribution in [3.63, 3.8) is 0 Å². The summed E-state index contributed by atoms with van der Waals surface area (Å²) in [4.78, 5) is 11.9. The monoisotopic (exact) mass is 346 g/mol. The largest absolute Gasteiger partial charge is 0.444 e. The van der Waals surface area contributed by atoms with Crippen molar-refractivity contribution in [2.24, 2.45) is 5.92 Å². The number of hydrogen-bond donors (Lipinski definition) is 2. The quantitative estimate of drug-likeness (QED) is 0.741. The molecule has 1 aromatic rings. The molecule has 2 unspecified atom stereocenters. The second kappa shape index (κ2) is 8.70. The first-order chi connectivity index (χ1) is 11.7. The molecule has 2 atom stereocenters. The Morgan fingerprint density at radius 3 is 2.64 bits per heavy atom. The van der Waals surface area contributed by atoms with Crippen LogP contribution in [-0.4, -0.2) is 30.3 Å². The van der Waals surface area contributed by atoms with Gasteiger partial charge in [0.15, 0.2) is 0 Å². The zero-order valence-corrected chi connectivity index (χ0v) is 16.4. The molecule has 0 bridgehead atoms. The van der Waals surface area contributed by atoms with Crippen LogP contribution in [0.25, 0.3) is 0 Å². The van der Waals surface area contributed by atoms with Gasteiger partial charge < -0.3 is 15.4 Å². The average molecular weight is 347 g/mol. The molecule has 2 rings (SSSR count). The lowest BCUT2D eigenvalue weighted by Gasteiger charge is -2.25. The minimum absolute atomic E-state index is 0.327. The lowest BCUT2D eigenvalue weighted by atomic mass is 10.0. The number of hydrogen-bond acceptors (Lipinski definition) is 3. The molecule has 1 aromatic carbocycles. The second-order valence-electron chi connectivity index (χ2n) is 8.42. The first-order valence-corrected chi connectivity index (χ1v) is 9.51. The zero-order valence-electron chi connectivity index (χ0n) is 16.4. The van der Waals surface area contributed by atoms with Gasteiger partial charge in [0.05, 0.1) is 0 Å². The van der Waals surface area contributed by atoms with Crippen molar-refractivity contribution >= 4 is 6.09 Å². The van der Waals surface area contributed by atoms with Crippen molar-refractivity contribution in [2.45, 2.75) is 78.0 Å². The van der Waals surface area contributed by atoms with E-state index in [1.807, 2.05) is 20.8 Å². The van der Waals surface area contributed by atoms with Crippen molar-refractivity contribution in [1.29, 1.82) is 0 Å². The summed E-state index contributed by atoms with van der Waals surface area (Å²) in [6.07, 6.45) is 4.34. The van der Waals surface area contributed by atoms with Gasteiger partial charge in [0.1, 0.15) is 5.60 Å². The number of ether oxygens (including phenoxy) is 1. The third kappa shape index (κ3) is 7.91. The Morgan fingerprint density at radius 2 is 2.04 bits per heavy atom. The van der Waals surface area contributed by atoms with Crippen molar-refractivity contribution < 1.29 is 9.53 Å². The molecular formula is C21H34N2O2. The maximum atomic E-state index is 11.9. The van der Waals surface area contributed by atoms with Crippen LogP contribution < -0.4 is 10.6 Å². The van der Waals surface area contributed by atoms with E-state index in [4.69, 9.17) is 4.74 Å². The van der Waals surface area contributed by atoms with Gasteiger partial charge in [-0.15, -0.1) is 0 Å². The second-order valence-corrected chi connectivity index (χ2v) is 8.42. The number of amides is 1. The Hall–Kier alpha value is -1.55. The Labute approximate surface area is 152 Å². The molecule has 2 N–H and O–H groups in total. The van der Waals surface area contributed by atoms with Crippen LogP contribution in [0.5, 0.6) is 0 Å². The van der Waals surface area contributed by atoms with Crippen molar-refractivity contribution in [3.8, 4) is 0 Å². The van der Waals surface area contributed by atoms with Gasteiger partial charge >= 0.3 is 6.09 Å². The number of alkyl carbamates (subject to hydrolysis) is 1. The molecule has 1 fully saturated rings. The molecule has 0 radical (unpaired) electrons. The molecule has 1 saturated carbocycles. The highest BCUT2D eigenvalue weighted by Crippen LogP contribution is 2.32. The van der Waals surface area contributed by atoms with E-state index in [1.165, 1.54) is 24.0 Å². The van der Waals surface area contributed by atoms with Gasteiger partial charge in [0.25, 0.3) is 0 Å². The Kier molecular flexibility index (Phi) is 6.88. The molecule has 0 aromatic heterocycles. The molecule has 140 valence electrons. The van der Waals surface area contributed by atoms with Crippen LogP contribution in [0.15, 0.2) is 24.3 Å². The Morgan fingerprint density at radius 1 is 1.32 bits per heavy atom. The third-order valence-electron chi connectivity index (χ3n) is 4.50. The summed E-state index contributed by atoms with van der Waals surface area (Å²) in [5.74, 6) is 0.677. The van der Waals surface area contributed by atoms with E-state index in [0.717, 1.165) is 12.8 Å². The SMILES string of the molecule is Cc1cccc(CCC(C)NC(CNC(=O)OC(C)(C)C)C2CC2)c1. The van der Waals surface area contributed by atoms with Crippen LogP contribution in [0.2, 0.25) is 0 Å². The number of carbonyl (C=O) groups is 1. The molecule has 4 heteroatoms. The number of benzene rings is 1. The number of nitrogens with one attached hydrogen (secondary N) is 2. The van der Waals surface area contributed by atoms with Gasteiger partial charge in [-0.3, -0.25) is 0 Å². The van der Waals surface area contributed by atoms with Crippen LogP contribution in [0.4, 0.5) is 4.79 Å². The smallest absolute Gasteiger partial charge is 0.407 e. The van der Waals surface area contributed by atoms with E-state index in [1.54, 1.807) is 0 Å². The highest BCUT2D eigenvalue weighted by atomic mass is 16.6. The summed E-state index contributed by atoms with van der Waals surface area (Å²) in [5.41, 5.74) is 2.26. The van der Waals surface area contributed by atoms with Crippen molar-refractivity contribution in [1.82, 2.24) is 10.6 Å². The summed E-state index contributed by atoms with van der Waals surface area (Å²) < 4.78 is 5.33. The van der Waals surface area contributed by atoms with Gasteiger partial charge in [-0.05, 0) is 71.8 Å². The summed E-state index contributed by atoms with van der Waals surface area (Å²) >= 11 is 0. The Bertz CT molecular complexity index is 561. The van der Waals surface area contributed by atoms with E-state index in [0.29, 0.717) is 24.5 Å². The summed E-state index contributed by atoms with van der Waals surface area (Å²) in [6, 6.07) is 9.47. The van der Waals surface area contributed by atoms with E-state index in [9.17, 15) is 4.79 Å². The maximum Gasteiger partial charge on any atom is 0.407 e. The van der Waals surface area contributed by atoms with Crippen LogP contribution >= 0.6 is 0 Å². The lowest BCUT2D eigenvalue weighted by Crippen LogP contribution is -2.47. The highest BCUT2D eigenvalue weighted by Gasteiger charge is 2.32. The minimum Gasteiger partial charge on any atom is -0.444 e. The topological polar surface area (TPSA) is 50.4 Å². The molecule has 0 spiro atoms. The van der Waals surface area contributed by atoms with Gasteiger partial charge in [-0.2, -0.15) is 0 Å². The van der Waals surface area contributed by atoms with Crippen LogP contribution in [0.3, 0.4) is 0 Å². The molecule has 1 aliphatic carbocycles. The maximum absolute atomic E-state index is 11.9. The van der Waals surface area contributed by atoms with Gasteiger partial charge in [-0.25, -0.2) is 4.79 Å². The molecule has 1 amide bonds. The summed E-state index contributed by atoms with van der Waals surface area (Å²) in [6.45, 7) is 10.7. The normalized spacial score (nSPS) is 17.0. The molecule has 25 heavy (non-hydrogen) atoms. The molecule has 1 aliphatic rings. The highest BCUT2D eigenvalue weighted by molar-refractivity contribution is 5.67. The number of aryl methyl sites for hydroxylation is 2. The number of carbonyl (C=O) groups excluding carboxylic acids is 1. The van der Waals surface area contributed by atoms with Crippen molar-refractivity contribution in [2.75, 3.05) is 6.54 Å². The fourth-order valence-electron chi connectivity index (χ4n) is 3.07. The lowest BCUT2D eigenvalue weighted by molar-refractivity contribution is 0.0520. The average Bonchev–Trinajstić information content (AvgIpc) is 3.32. The predicted octanol–water partition coefficient (Wildman–Crippen LogP) is 4.21. The minimum atomic E-state index is -0.451. The fourth-order valence-corrected chi connectivity index (χ4v) is 3.07. The standard InChI is InChI=1S/C21H34N2O2/c1-15-7-6-8-17(13-15)10-9-16(2)23-19(18-11-12-18)14-22-20(24)25-21(3,4)5/h6-8,13,16,18-19,23H,9-12,14H2,1-5H3,(H,22,24). The van der Waals surface area contributed by atoms with E-state index in [-0.39, 0.29) is 6.09 Å². The first kappa shape index (κ1) is 19.8. The Balaban J connectivity index is 1.75. The number of rotatable bonds is 8. The summed E-state index contributed by atoms with van der Waals surface area (Å²) in [7, 11) is 0. The van der Waals surface area contributed by atoms with E-state index in [2.05, 4.69) is 48.7 Å². The third-order valence-corrected chi connectivity index (χ3v) is 4.50. The molecule has 0 heterocycles. The molecule has 0 saturated heterocycles. The van der Waals surface area contributed by atoms with Crippen LogP contribution in [-0.2, 0) is 11.2 Å². The van der Waals surface area contributed by atoms with Crippen LogP contribution in [0.1, 0.15) is 58.1 Å². The first-order valence-electron chi connectivity index (χ1n) is 9.51. The van der Waals surface area contributed by atoms with Gasteiger partial charge in [-0.1, -0.05) is 29.8 Å². The fraction of sp³-hybridized carbons (Fsp3) is 0.667. The summed E-state index contributed by atoms with van der Waals surface area (Å²) in [5, 5.41) is 6.64. The molecule has 4 nitrogen and oxygen atoms in total. The van der Waals surface area contributed by atoms with Gasteiger partial charge in [0, 0.05) is 18.6 Å². The van der Waals surface area contributed by atoms with E-state index < -0.39 is 5.60 Å².